The summed E-state index contributed by atoms with van der Waals surface area (Å²) in [6, 6.07) is 1.89. The standard InChI is InChI=1S/C13H18N6O2/c1-4-14-12(21)7-15-11(20)6-10-17-13-16-8(2)5-9(3)19(13)18-10/h5H,4,6-7H2,1-3H3,(H,14,21)(H,15,20). The Hall–Kier alpha value is -2.51. The Morgan fingerprint density at radius 1 is 1.19 bits per heavy atom. The number of rotatable bonds is 5. The minimum absolute atomic E-state index is 0.0151. The summed E-state index contributed by atoms with van der Waals surface area (Å²) in [4.78, 5) is 31.5. The summed E-state index contributed by atoms with van der Waals surface area (Å²) in [6.07, 6.45) is 0.0151. The molecule has 0 aliphatic heterocycles. The van der Waals surface area contributed by atoms with Crippen LogP contribution in [-0.4, -0.2) is 44.5 Å². The van der Waals surface area contributed by atoms with Crippen LogP contribution in [0.25, 0.3) is 5.78 Å². The van der Waals surface area contributed by atoms with E-state index in [0.29, 0.717) is 18.1 Å². The van der Waals surface area contributed by atoms with Crippen molar-refractivity contribution in [3.05, 3.63) is 23.3 Å². The molecule has 0 spiro atoms. The Labute approximate surface area is 122 Å². The molecule has 2 aromatic rings. The number of carbonyl (C=O) groups excluding carboxylic acids is 2. The molecule has 0 atom stereocenters. The first-order valence-corrected chi connectivity index (χ1v) is 6.73. The molecule has 21 heavy (non-hydrogen) atoms. The lowest BCUT2D eigenvalue weighted by molar-refractivity contribution is -0.125. The second-order valence-electron chi connectivity index (χ2n) is 4.69. The van der Waals surface area contributed by atoms with E-state index in [0.717, 1.165) is 11.4 Å². The Bertz CT molecular complexity index is 679. The summed E-state index contributed by atoms with van der Waals surface area (Å²) in [5.74, 6) is 0.331. The van der Waals surface area contributed by atoms with Crippen molar-refractivity contribution in [3.8, 4) is 0 Å². The van der Waals surface area contributed by atoms with E-state index >= 15 is 0 Å². The fourth-order valence-electron chi connectivity index (χ4n) is 1.93. The van der Waals surface area contributed by atoms with Crippen LogP contribution < -0.4 is 10.6 Å². The van der Waals surface area contributed by atoms with Crippen LogP contribution in [0.4, 0.5) is 0 Å². The zero-order valence-corrected chi connectivity index (χ0v) is 12.3. The van der Waals surface area contributed by atoms with Gasteiger partial charge in [-0.2, -0.15) is 4.98 Å². The smallest absolute Gasteiger partial charge is 0.252 e. The van der Waals surface area contributed by atoms with Gasteiger partial charge in [-0.15, -0.1) is 5.10 Å². The number of nitrogens with zero attached hydrogens (tertiary/aromatic N) is 4. The Morgan fingerprint density at radius 2 is 1.95 bits per heavy atom. The second kappa shape index (κ2) is 6.29. The van der Waals surface area contributed by atoms with E-state index in [2.05, 4.69) is 25.7 Å². The number of fused-ring (bicyclic) bond motifs is 1. The van der Waals surface area contributed by atoms with Gasteiger partial charge in [0.15, 0.2) is 5.82 Å². The molecule has 0 aliphatic rings. The summed E-state index contributed by atoms with van der Waals surface area (Å²) in [5.41, 5.74) is 1.75. The average molecular weight is 290 g/mol. The maximum Gasteiger partial charge on any atom is 0.252 e. The molecule has 2 heterocycles. The van der Waals surface area contributed by atoms with Gasteiger partial charge in [0, 0.05) is 17.9 Å². The number of amides is 2. The van der Waals surface area contributed by atoms with Gasteiger partial charge in [-0.1, -0.05) is 0 Å². The van der Waals surface area contributed by atoms with E-state index < -0.39 is 0 Å². The van der Waals surface area contributed by atoms with E-state index in [1.165, 1.54) is 0 Å². The van der Waals surface area contributed by atoms with Crippen LogP contribution in [0.5, 0.6) is 0 Å². The minimum Gasteiger partial charge on any atom is -0.355 e. The van der Waals surface area contributed by atoms with Gasteiger partial charge in [0.25, 0.3) is 5.78 Å². The molecule has 2 N–H and O–H groups in total. The van der Waals surface area contributed by atoms with Gasteiger partial charge in [0.2, 0.25) is 11.8 Å². The molecule has 8 heteroatoms. The molecule has 2 amide bonds. The number of carbonyl (C=O) groups is 2. The molecule has 0 saturated heterocycles. The van der Waals surface area contributed by atoms with Crippen LogP contribution in [0.2, 0.25) is 0 Å². The quantitative estimate of drug-likeness (QED) is 0.775. The van der Waals surface area contributed by atoms with E-state index in [1.54, 1.807) is 4.52 Å². The first kappa shape index (κ1) is 14.9. The third kappa shape index (κ3) is 3.74. The minimum atomic E-state index is -0.300. The van der Waals surface area contributed by atoms with Gasteiger partial charge in [-0.05, 0) is 26.8 Å². The van der Waals surface area contributed by atoms with Crippen molar-refractivity contribution in [2.75, 3.05) is 13.1 Å². The van der Waals surface area contributed by atoms with Crippen LogP contribution >= 0.6 is 0 Å². The van der Waals surface area contributed by atoms with Crippen molar-refractivity contribution >= 4 is 17.6 Å². The predicted octanol–water partition coefficient (Wildman–Crippen LogP) is -0.464. The fraction of sp³-hybridized carbons (Fsp3) is 0.462. The van der Waals surface area contributed by atoms with Gasteiger partial charge in [-0.25, -0.2) is 9.50 Å². The average Bonchev–Trinajstić information content (AvgIpc) is 2.79. The zero-order chi connectivity index (χ0) is 15.4. The normalized spacial score (nSPS) is 10.6. The summed E-state index contributed by atoms with van der Waals surface area (Å²) in [6.45, 7) is 6.08. The van der Waals surface area contributed by atoms with Crippen molar-refractivity contribution in [3.63, 3.8) is 0 Å². The van der Waals surface area contributed by atoms with E-state index in [-0.39, 0.29) is 24.8 Å². The number of aryl methyl sites for hydroxylation is 2. The van der Waals surface area contributed by atoms with Crippen LogP contribution in [0.3, 0.4) is 0 Å². The number of hydrogen-bond acceptors (Lipinski definition) is 5. The summed E-state index contributed by atoms with van der Waals surface area (Å²) in [7, 11) is 0. The summed E-state index contributed by atoms with van der Waals surface area (Å²) in [5, 5.41) is 9.36. The molecular weight excluding hydrogens is 272 g/mol. The highest BCUT2D eigenvalue weighted by Gasteiger charge is 2.12. The summed E-state index contributed by atoms with van der Waals surface area (Å²) >= 11 is 0. The van der Waals surface area contributed by atoms with Crippen LogP contribution in [0.15, 0.2) is 6.07 Å². The van der Waals surface area contributed by atoms with Crippen molar-refractivity contribution in [1.82, 2.24) is 30.2 Å². The van der Waals surface area contributed by atoms with Crippen molar-refractivity contribution in [1.29, 1.82) is 0 Å². The molecular formula is C13H18N6O2. The first-order valence-electron chi connectivity index (χ1n) is 6.73. The molecule has 0 radical (unpaired) electrons. The summed E-state index contributed by atoms with van der Waals surface area (Å²) < 4.78 is 1.60. The molecule has 2 rings (SSSR count). The van der Waals surface area contributed by atoms with Gasteiger partial charge in [0.05, 0.1) is 13.0 Å². The van der Waals surface area contributed by atoms with Gasteiger partial charge >= 0.3 is 0 Å². The highest BCUT2D eigenvalue weighted by Crippen LogP contribution is 2.05. The Balaban J connectivity index is 2.01. The van der Waals surface area contributed by atoms with E-state index in [4.69, 9.17) is 0 Å². The highest BCUT2D eigenvalue weighted by atomic mass is 16.2. The maximum atomic E-state index is 11.7. The fourth-order valence-corrected chi connectivity index (χ4v) is 1.93. The van der Waals surface area contributed by atoms with Gasteiger partial charge < -0.3 is 10.6 Å². The largest absolute Gasteiger partial charge is 0.355 e. The molecule has 112 valence electrons. The molecule has 0 unspecified atom stereocenters. The van der Waals surface area contributed by atoms with Crippen molar-refractivity contribution in [2.24, 2.45) is 0 Å². The maximum absolute atomic E-state index is 11.7. The molecule has 0 aromatic carbocycles. The lowest BCUT2D eigenvalue weighted by Gasteiger charge is -2.03. The third-order valence-electron chi connectivity index (χ3n) is 2.80. The number of likely N-dealkylation sites (N-methyl/N-ethyl adjacent to an activating group) is 1. The third-order valence-corrected chi connectivity index (χ3v) is 2.80. The molecule has 0 fully saturated rings. The van der Waals surface area contributed by atoms with Crippen LogP contribution in [0.1, 0.15) is 24.1 Å². The van der Waals surface area contributed by atoms with Crippen molar-refractivity contribution < 1.29 is 9.59 Å². The van der Waals surface area contributed by atoms with E-state index in [1.807, 2.05) is 26.8 Å². The number of hydrogen-bond donors (Lipinski definition) is 2. The van der Waals surface area contributed by atoms with Crippen LogP contribution in [0, 0.1) is 13.8 Å². The highest BCUT2D eigenvalue weighted by molar-refractivity contribution is 5.85. The molecule has 2 aromatic heterocycles. The first-order chi connectivity index (χ1) is 9.99. The van der Waals surface area contributed by atoms with E-state index in [9.17, 15) is 9.59 Å². The predicted molar refractivity (Wildman–Crippen MR) is 75.7 cm³/mol. The zero-order valence-electron chi connectivity index (χ0n) is 12.3. The SMILES string of the molecule is CCNC(=O)CNC(=O)Cc1nc2nc(C)cc(C)n2n1. The molecule has 0 bridgehead atoms. The second-order valence-corrected chi connectivity index (χ2v) is 4.69. The molecule has 0 saturated carbocycles. The van der Waals surface area contributed by atoms with Gasteiger partial charge in [-0.3, -0.25) is 9.59 Å². The number of nitrogens with one attached hydrogen (secondary N) is 2. The topological polar surface area (TPSA) is 101 Å². The number of aromatic nitrogens is 4. The van der Waals surface area contributed by atoms with Crippen molar-refractivity contribution in [2.45, 2.75) is 27.2 Å². The van der Waals surface area contributed by atoms with Gasteiger partial charge in [0.1, 0.15) is 0 Å². The lowest BCUT2D eigenvalue weighted by Crippen LogP contribution is -2.37. The monoisotopic (exact) mass is 290 g/mol. The Morgan fingerprint density at radius 3 is 2.67 bits per heavy atom. The molecule has 0 aliphatic carbocycles. The lowest BCUT2D eigenvalue weighted by atomic mass is 10.4. The molecule has 8 nitrogen and oxygen atoms in total. The Kier molecular flexibility index (Phi) is 4.46. The van der Waals surface area contributed by atoms with Crippen LogP contribution in [-0.2, 0) is 16.0 Å².